The molecule has 1 nitrogen and oxygen atoms in total. The van der Waals surface area contributed by atoms with E-state index >= 15 is 0 Å². The Bertz CT molecular complexity index is 3950. The van der Waals surface area contributed by atoms with E-state index in [4.69, 9.17) is 0 Å². The van der Waals surface area contributed by atoms with Crippen molar-refractivity contribution in [2.24, 2.45) is 23.7 Å². The molecule has 11 aromatic rings. The molecule has 3 unspecified atom stereocenters. The van der Waals surface area contributed by atoms with Gasteiger partial charge in [0.25, 0.3) is 0 Å². The molecule has 2 spiro atoms. The molecule has 0 aliphatic heterocycles. The van der Waals surface area contributed by atoms with E-state index in [1.165, 1.54) is 125 Å². The predicted molar refractivity (Wildman–Crippen MR) is 317 cm³/mol. The van der Waals surface area contributed by atoms with Gasteiger partial charge in [0.15, 0.2) is 0 Å². The Kier molecular flexibility index (Phi) is 10.4. The van der Waals surface area contributed by atoms with Gasteiger partial charge in [-0.05, 0) is 176 Å². The van der Waals surface area contributed by atoms with E-state index in [9.17, 15) is 0 Å². The smallest absolute Gasteiger partial charge is 0.0719 e. The third-order valence-electron chi connectivity index (χ3n) is 18.6. The van der Waals surface area contributed by atoms with Gasteiger partial charge in [-0.25, -0.2) is 0 Å². The fraction of sp³-hybridized carbons (Fsp3) is 0.178. The molecule has 2 heteroatoms. The summed E-state index contributed by atoms with van der Waals surface area (Å²) < 4.78 is 2.65. The van der Waals surface area contributed by atoms with E-state index in [-0.39, 0.29) is 5.41 Å². The summed E-state index contributed by atoms with van der Waals surface area (Å²) in [6, 6.07) is 90.6. The molecule has 5 atom stereocenters. The van der Waals surface area contributed by atoms with Crippen molar-refractivity contribution in [1.82, 2.24) is 0 Å². The van der Waals surface area contributed by atoms with Crippen molar-refractivity contribution in [1.29, 1.82) is 0 Å². The van der Waals surface area contributed by atoms with E-state index in [1.807, 2.05) is 11.3 Å². The lowest BCUT2D eigenvalue weighted by atomic mass is 9.41. The van der Waals surface area contributed by atoms with Crippen LogP contribution in [-0.4, -0.2) is 0 Å². The number of thiophene rings is 1. The SMILES string of the molecule is CCC1C[C@H]2CC(C)C[C@@H](C1)C21c2ccccc2C2(c3ccccc3-c3ccccc32)c2ccc(N(c3ccc(-c4ccccc4-c4cccc5sc6ccccc6c45)cc3)c3cccc(-c4ccccc4)c3)cc21. The average molecular weight is 982 g/mol. The highest BCUT2D eigenvalue weighted by atomic mass is 32.1. The Morgan fingerprint density at radius 1 is 0.400 bits per heavy atom. The third kappa shape index (κ3) is 6.55. The standard InChI is InChI=1S/C73H59NS/c1-3-48-43-52-41-47(2)42-53(44-48)72(52)65-31-14-15-32-66(65)73(63-29-12-9-25-59(63)60-26-10-13-30-64(60)73)67-40-39-56(46-68(67)72)74(55-22-17-21-51(45-55)49-19-5-4-6-20-49)54-37-35-50(36-38-54)57-23-7-8-24-58(57)61-28-18-34-70-71(61)62-27-11-16-33-69(62)75-70/h4-40,45-48,52-53H,3,41-44H2,1-2H3/t47?,48?,52-,53+,72?. The van der Waals surface area contributed by atoms with E-state index < -0.39 is 5.41 Å². The fourth-order valence-corrected chi connectivity index (χ4v) is 16.9. The maximum atomic E-state index is 2.71. The Balaban J connectivity index is 0.960. The van der Waals surface area contributed by atoms with Crippen molar-refractivity contribution in [3.05, 3.63) is 270 Å². The summed E-state index contributed by atoms with van der Waals surface area (Å²) in [7, 11) is 0. The monoisotopic (exact) mass is 981 g/mol. The molecule has 15 rings (SSSR count). The van der Waals surface area contributed by atoms with Gasteiger partial charge >= 0.3 is 0 Å². The molecule has 0 saturated heterocycles. The van der Waals surface area contributed by atoms with Gasteiger partial charge in [0.1, 0.15) is 0 Å². The van der Waals surface area contributed by atoms with Crippen LogP contribution in [0.3, 0.4) is 0 Å². The summed E-state index contributed by atoms with van der Waals surface area (Å²) in [5.74, 6) is 2.52. The Labute approximate surface area is 445 Å². The molecule has 0 N–H and O–H groups in total. The zero-order chi connectivity index (χ0) is 49.8. The minimum atomic E-state index is -0.447. The van der Waals surface area contributed by atoms with Gasteiger partial charge in [-0.3, -0.25) is 0 Å². The first-order valence-corrected chi connectivity index (χ1v) is 28.4. The molecule has 2 saturated carbocycles. The Morgan fingerprint density at radius 2 is 0.947 bits per heavy atom. The Hall–Kier alpha value is -7.78. The second kappa shape index (κ2) is 17.4. The van der Waals surface area contributed by atoms with Gasteiger partial charge in [0, 0.05) is 42.6 Å². The minimum absolute atomic E-state index is 0.125. The number of hydrogen-bond donors (Lipinski definition) is 0. The number of hydrogen-bond acceptors (Lipinski definition) is 2. The highest BCUT2D eigenvalue weighted by molar-refractivity contribution is 7.25. The van der Waals surface area contributed by atoms with Gasteiger partial charge in [0.2, 0.25) is 0 Å². The summed E-state index contributed by atoms with van der Waals surface area (Å²) in [4.78, 5) is 2.56. The van der Waals surface area contributed by atoms with Gasteiger partial charge in [-0.1, -0.05) is 208 Å². The molecular weight excluding hydrogens is 923 g/mol. The van der Waals surface area contributed by atoms with Gasteiger partial charge in [-0.2, -0.15) is 0 Å². The highest BCUT2D eigenvalue weighted by Crippen LogP contribution is 2.70. The van der Waals surface area contributed by atoms with Crippen LogP contribution in [0.5, 0.6) is 0 Å². The largest absolute Gasteiger partial charge is 0.310 e. The number of anilines is 3. The van der Waals surface area contributed by atoms with Crippen molar-refractivity contribution in [3.63, 3.8) is 0 Å². The first-order chi connectivity index (χ1) is 37.0. The molecule has 4 aliphatic carbocycles. The van der Waals surface area contributed by atoms with Gasteiger partial charge in [-0.15, -0.1) is 11.3 Å². The molecule has 75 heavy (non-hydrogen) atoms. The van der Waals surface area contributed by atoms with Crippen molar-refractivity contribution >= 4 is 48.6 Å². The van der Waals surface area contributed by atoms with Crippen LogP contribution in [0.2, 0.25) is 0 Å². The zero-order valence-electron chi connectivity index (χ0n) is 42.7. The van der Waals surface area contributed by atoms with Crippen molar-refractivity contribution in [3.8, 4) is 44.5 Å². The number of rotatable bonds is 7. The average Bonchev–Trinajstić information content (AvgIpc) is 4.16. The molecule has 362 valence electrons. The fourth-order valence-electron chi connectivity index (χ4n) is 15.7. The lowest BCUT2D eigenvalue weighted by molar-refractivity contribution is 0.0180. The van der Waals surface area contributed by atoms with Crippen molar-refractivity contribution in [2.75, 3.05) is 4.90 Å². The highest BCUT2D eigenvalue weighted by Gasteiger charge is 2.62. The molecule has 10 aromatic carbocycles. The zero-order valence-corrected chi connectivity index (χ0v) is 43.5. The maximum absolute atomic E-state index is 2.71. The predicted octanol–water partition coefficient (Wildman–Crippen LogP) is 20.0. The second-order valence-electron chi connectivity index (χ2n) is 22.3. The summed E-state index contributed by atoms with van der Waals surface area (Å²) >= 11 is 1.88. The molecule has 2 bridgehead atoms. The number of fused-ring (bicyclic) bond motifs is 12. The molecule has 1 aromatic heterocycles. The number of benzene rings is 10. The van der Waals surface area contributed by atoms with E-state index in [1.54, 1.807) is 11.1 Å². The normalized spacial score (nSPS) is 20.7. The third-order valence-corrected chi connectivity index (χ3v) is 19.7. The van der Waals surface area contributed by atoms with Crippen LogP contribution in [0.25, 0.3) is 64.7 Å². The molecule has 4 aliphatic rings. The van der Waals surface area contributed by atoms with Crippen LogP contribution >= 0.6 is 11.3 Å². The number of nitrogens with zero attached hydrogens (tertiary/aromatic N) is 1. The topological polar surface area (TPSA) is 3.24 Å². The maximum Gasteiger partial charge on any atom is 0.0719 e. The van der Waals surface area contributed by atoms with Crippen molar-refractivity contribution < 1.29 is 0 Å². The van der Waals surface area contributed by atoms with Crippen LogP contribution < -0.4 is 4.90 Å². The van der Waals surface area contributed by atoms with E-state index in [0.717, 1.165) is 17.3 Å². The summed E-state index contributed by atoms with van der Waals surface area (Å²) in [5.41, 5.74) is 22.0. The molecular formula is C73H59NS. The summed E-state index contributed by atoms with van der Waals surface area (Å²) in [6.45, 7) is 4.99. The van der Waals surface area contributed by atoms with Gasteiger partial charge in [0.05, 0.1) is 5.41 Å². The second-order valence-corrected chi connectivity index (χ2v) is 23.4. The lowest BCUT2D eigenvalue weighted by Gasteiger charge is -2.62. The van der Waals surface area contributed by atoms with Crippen LogP contribution in [0.4, 0.5) is 17.1 Å². The van der Waals surface area contributed by atoms with Crippen molar-refractivity contribution in [2.45, 2.75) is 56.8 Å². The van der Waals surface area contributed by atoms with Gasteiger partial charge < -0.3 is 4.90 Å². The van der Waals surface area contributed by atoms with E-state index in [2.05, 4.69) is 255 Å². The first kappa shape index (κ1) is 44.7. The first-order valence-electron chi connectivity index (χ1n) is 27.5. The van der Waals surface area contributed by atoms with Crippen LogP contribution in [0.15, 0.2) is 237 Å². The van der Waals surface area contributed by atoms with E-state index in [0.29, 0.717) is 17.8 Å². The lowest BCUT2D eigenvalue weighted by Crippen LogP contribution is -2.56. The molecule has 2 fully saturated rings. The Morgan fingerprint density at radius 3 is 1.68 bits per heavy atom. The van der Waals surface area contributed by atoms with Crippen LogP contribution in [0, 0.1) is 23.7 Å². The van der Waals surface area contributed by atoms with Crippen LogP contribution in [-0.2, 0) is 10.8 Å². The molecule has 1 heterocycles. The van der Waals surface area contributed by atoms with Crippen LogP contribution in [0.1, 0.15) is 79.3 Å². The minimum Gasteiger partial charge on any atom is -0.310 e. The summed E-state index contributed by atoms with van der Waals surface area (Å²) in [5, 5.41) is 2.67. The molecule has 0 radical (unpaired) electrons. The summed E-state index contributed by atoms with van der Waals surface area (Å²) in [6.07, 6.45) is 6.32. The quantitative estimate of drug-likeness (QED) is 0.154. The molecule has 0 amide bonds.